The first-order valence-electron chi connectivity index (χ1n) is 5.20. The zero-order valence-corrected chi connectivity index (χ0v) is 10.3. The van der Waals surface area contributed by atoms with E-state index in [1.165, 1.54) is 0 Å². The molecule has 0 spiro atoms. The molecule has 0 amide bonds. The fraction of sp³-hybridized carbons (Fsp3) is 0.545. The quantitative estimate of drug-likeness (QED) is 0.911. The van der Waals surface area contributed by atoms with E-state index in [0.29, 0.717) is 6.10 Å². The Hall–Kier alpha value is -0.610. The summed E-state index contributed by atoms with van der Waals surface area (Å²) in [4.78, 5) is 4.00. The van der Waals surface area contributed by atoms with Crippen LogP contribution < -0.4 is 10.1 Å². The normalized spacial score (nSPS) is 24.7. The first kappa shape index (κ1) is 10.9. The fourth-order valence-electron chi connectivity index (χ4n) is 1.86. The molecule has 3 nitrogen and oxygen atoms in total. The Morgan fingerprint density at radius 3 is 3.07 bits per heavy atom. The second-order valence-corrected chi connectivity index (χ2v) is 4.80. The van der Waals surface area contributed by atoms with Crippen molar-refractivity contribution in [2.24, 2.45) is 5.92 Å². The maximum Gasteiger partial charge on any atom is 0.136 e. The van der Waals surface area contributed by atoms with Gasteiger partial charge in [-0.05, 0) is 54.3 Å². The fourth-order valence-corrected chi connectivity index (χ4v) is 2.21. The molecule has 1 saturated carbocycles. The van der Waals surface area contributed by atoms with Crippen molar-refractivity contribution in [3.8, 4) is 5.75 Å². The second kappa shape index (κ2) is 4.94. The largest absolute Gasteiger partial charge is 0.489 e. The predicted molar refractivity (Wildman–Crippen MR) is 63.0 cm³/mol. The van der Waals surface area contributed by atoms with E-state index in [1.807, 2.05) is 13.1 Å². The molecule has 1 N–H and O–H groups in total. The van der Waals surface area contributed by atoms with Crippen LogP contribution in [0.4, 0.5) is 0 Å². The molecule has 2 rings (SSSR count). The van der Waals surface area contributed by atoms with Gasteiger partial charge in [0.05, 0.1) is 10.6 Å². The Labute approximate surface area is 98.4 Å². The Bertz CT molecular complexity index is 326. The standard InChI is InChI=1S/C11H15BrN2O/c1-13-6-8-4-9(5-8)15-11-2-3-14-7-10(11)12/h2-3,7-9,13H,4-6H2,1H3. The van der Waals surface area contributed by atoms with Crippen molar-refractivity contribution in [3.63, 3.8) is 0 Å². The van der Waals surface area contributed by atoms with Gasteiger partial charge in [-0.1, -0.05) is 0 Å². The molecule has 0 bridgehead atoms. The molecule has 1 heterocycles. The summed E-state index contributed by atoms with van der Waals surface area (Å²) in [7, 11) is 1.99. The van der Waals surface area contributed by atoms with E-state index >= 15 is 0 Å². The number of nitrogens with zero attached hydrogens (tertiary/aromatic N) is 1. The number of ether oxygens (including phenoxy) is 1. The van der Waals surface area contributed by atoms with Crippen molar-refractivity contribution in [3.05, 3.63) is 22.9 Å². The maximum atomic E-state index is 5.84. The number of nitrogens with one attached hydrogen (secondary N) is 1. The van der Waals surface area contributed by atoms with Gasteiger partial charge in [0.1, 0.15) is 5.75 Å². The third kappa shape index (κ3) is 2.69. The van der Waals surface area contributed by atoms with Crippen LogP contribution in [0.15, 0.2) is 22.9 Å². The summed E-state index contributed by atoms with van der Waals surface area (Å²) < 4.78 is 6.78. The van der Waals surface area contributed by atoms with E-state index in [1.54, 1.807) is 12.4 Å². The zero-order valence-electron chi connectivity index (χ0n) is 8.74. The average Bonchev–Trinajstić information content (AvgIpc) is 2.18. The third-order valence-corrected chi connectivity index (χ3v) is 3.31. The smallest absolute Gasteiger partial charge is 0.136 e. The monoisotopic (exact) mass is 270 g/mol. The van der Waals surface area contributed by atoms with Crippen LogP contribution in [0.5, 0.6) is 5.75 Å². The number of hydrogen-bond donors (Lipinski definition) is 1. The summed E-state index contributed by atoms with van der Waals surface area (Å²) in [6.07, 6.45) is 6.19. The Balaban J connectivity index is 1.82. The molecule has 0 saturated heterocycles. The second-order valence-electron chi connectivity index (χ2n) is 3.94. The van der Waals surface area contributed by atoms with Crippen molar-refractivity contribution in [2.45, 2.75) is 18.9 Å². The lowest BCUT2D eigenvalue weighted by atomic mass is 9.82. The van der Waals surface area contributed by atoms with Crippen LogP contribution in [-0.2, 0) is 0 Å². The van der Waals surface area contributed by atoms with Crippen molar-refractivity contribution >= 4 is 15.9 Å². The molecule has 4 heteroatoms. The molecule has 0 radical (unpaired) electrons. The van der Waals surface area contributed by atoms with Gasteiger partial charge in [-0.25, -0.2) is 0 Å². The summed E-state index contributed by atoms with van der Waals surface area (Å²) in [6, 6.07) is 1.90. The van der Waals surface area contributed by atoms with E-state index in [-0.39, 0.29) is 0 Å². The van der Waals surface area contributed by atoms with Crippen LogP contribution >= 0.6 is 15.9 Å². The van der Waals surface area contributed by atoms with Crippen LogP contribution in [0.25, 0.3) is 0 Å². The van der Waals surface area contributed by atoms with E-state index < -0.39 is 0 Å². The highest BCUT2D eigenvalue weighted by Crippen LogP contribution is 2.33. The van der Waals surface area contributed by atoms with Gasteiger partial charge >= 0.3 is 0 Å². The first-order chi connectivity index (χ1) is 7.29. The summed E-state index contributed by atoms with van der Waals surface area (Å²) in [6.45, 7) is 1.09. The molecule has 0 atom stereocenters. The van der Waals surface area contributed by atoms with Gasteiger partial charge in [0.2, 0.25) is 0 Å². The summed E-state index contributed by atoms with van der Waals surface area (Å²) in [5, 5.41) is 3.19. The van der Waals surface area contributed by atoms with Gasteiger partial charge in [0.15, 0.2) is 0 Å². The van der Waals surface area contributed by atoms with Crippen molar-refractivity contribution in [1.82, 2.24) is 10.3 Å². The molecular formula is C11H15BrN2O. The Morgan fingerprint density at radius 1 is 1.60 bits per heavy atom. The van der Waals surface area contributed by atoms with Crippen molar-refractivity contribution < 1.29 is 4.74 Å². The minimum Gasteiger partial charge on any atom is -0.489 e. The van der Waals surface area contributed by atoms with Gasteiger partial charge in [-0.15, -0.1) is 0 Å². The van der Waals surface area contributed by atoms with Crippen LogP contribution in [0.3, 0.4) is 0 Å². The number of aromatic nitrogens is 1. The minimum atomic E-state index is 0.377. The molecule has 0 unspecified atom stereocenters. The lowest BCUT2D eigenvalue weighted by molar-refractivity contribution is 0.0650. The number of pyridine rings is 1. The summed E-state index contributed by atoms with van der Waals surface area (Å²) in [5.74, 6) is 1.68. The van der Waals surface area contributed by atoms with Crippen LogP contribution in [0, 0.1) is 5.92 Å². The van der Waals surface area contributed by atoms with Crippen LogP contribution in [0.1, 0.15) is 12.8 Å². The summed E-state index contributed by atoms with van der Waals surface area (Å²) >= 11 is 3.42. The Kier molecular flexibility index (Phi) is 3.59. The van der Waals surface area contributed by atoms with E-state index in [0.717, 1.165) is 35.5 Å². The number of halogens is 1. The van der Waals surface area contributed by atoms with Gasteiger partial charge in [-0.3, -0.25) is 4.98 Å². The maximum absolute atomic E-state index is 5.84. The minimum absolute atomic E-state index is 0.377. The number of rotatable bonds is 4. The molecule has 15 heavy (non-hydrogen) atoms. The molecule has 0 aliphatic heterocycles. The molecule has 0 aromatic carbocycles. The summed E-state index contributed by atoms with van der Waals surface area (Å²) in [5.41, 5.74) is 0. The molecule has 1 aliphatic rings. The lowest BCUT2D eigenvalue weighted by Gasteiger charge is -2.35. The highest BCUT2D eigenvalue weighted by atomic mass is 79.9. The first-order valence-corrected chi connectivity index (χ1v) is 5.99. The van der Waals surface area contributed by atoms with E-state index in [9.17, 15) is 0 Å². The SMILES string of the molecule is CNCC1CC(Oc2ccncc2Br)C1. The molecule has 1 aromatic rings. The predicted octanol–water partition coefficient (Wildman–Crippen LogP) is 2.22. The van der Waals surface area contributed by atoms with Crippen molar-refractivity contribution in [1.29, 1.82) is 0 Å². The molecule has 1 aromatic heterocycles. The molecule has 82 valence electrons. The van der Waals surface area contributed by atoms with Crippen molar-refractivity contribution in [2.75, 3.05) is 13.6 Å². The highest BCUT2D eigenvalue weighted by molar-refractivity contribution is 9.10. The lowest BCUT2D eigenvalue weighted by Crippen LogP contribution is -2.38. The van der Waals surface area contributed by atoms with Gasteiger partial charge < -0.3 is 10.1 Å². The van der Waals surface area contributed by atoms with Gasteiger partial charge in [0, 0.05) is 12.4 Å². The van der Waals surface area contributed by atoms with Crippen LogP contribution in [-0.4, -0.2) is 24.7 Å². The zero-order chi connectivity index (χ0) is 10.7. The molecule has 1 aliphatic carbocycles. The number of hydrogen-bond acceptors (Lipinski definition) is 3. The average molecular weight is 271 g/mol. The molecular weight excluding hydrogens is 256 g/mol. The van der Waals surface area contributed by atoms with Gasteiger partial charge in [0.25, 0.3) is 0 Å². The third-order valence-electron chi connectivity index (χ3n) is 2.71. The van der Waals surface area contributed by atoms with Gasteiger partial charge in [-0.2, -0.15) is 0 Å². The topological polar surface area (TPSA) is 34.1 Å². The molecule has 1 fully saturated rings. The van der Waals surface area contributed by atoms with E-state index in [4.69, 9.17) is 4.74 Å². The van der Waals surface area contributed by atoms with Crippen LogP contribution in [0.2, 0.25) is 0 Å². The Morgan fingerprint density at radius 2 is 2.40 bits per heavy atom. The highest BCUT2D eigenvalue weighted by Gasteiger charge is 2.30. The van der Waals surface area contributed by atoms with E-state index in [2.05, 4.69) is 26.2 Å².